The Morgan fingerprint density at radius 1 is 1.47 bits per heavy atom. The topological polar surface area (TPSA) is 40.5 Å². The zero-order valence-corrected chi connectivity index (χ0v) is 11.9. The Morgan fingerprint density at radius 3 is 2.59 bits per heavy atom. The highest BCUT2D eigenvalue weighted by atomic mass is 16.3. The lowest BCUT2D eigenvalue weighted by Crippen LogP contribution is -2.49. The van der Waals surface area contributed by atoms with Gasteiger partial charge < -0.3 is 5.11 Å². The van der Waals surface area contributed by atoms with Crippen molar-refractivity contribution in [3.63, 3.8) is 0 Å². The van der Waals surface area contributed by atoms with E-state index < -0.39 is 0 Å². The molecule has 0 aromatic heterocycles. The molecule has 0 aromatic carbocycles. The average Bonchev–Trinajstić information content (AvgIpc) is 2.24. The standard InChI is InChI=1S/C14H27NO2/c1-13(2)8-6-7-11(12(13)17)9-15(5)14(3,4)10-16/h11,16H,6-10H2,1-5H3. The zero-order chi connectivity index (χ0) is 13.3. The maximum atomic E-state index is 12.3. The maximum absolute atomic E-state index is 12.3. The minimum atomic E-state index is -0.248. The van der Waals surface area contributed by atoms with Crippen LogP contribution in [0.15, 0.2) is 0 Å². The number of aliphatic hydroxyl groups is 1. The molecule has 1 unspecified atom stereocenters. The van der Waals surface area contributed by atoms with Crippen LogP contribution in [0, 0.1) is 11.3 Å². The average molecular weight is 241 g/mol. The quantitative estimate of drug-likeness (QED) is 0.819. The predicted octanol–water partition coefficient (Wildman–Crippen LogP) is 2.08. The summed E-state index contributed by atoms with van der Waals surface area (Å²) >= 11 is 0. The molecule has 3 nitrogen and oxygen atoms in total. The highest BCUT2D eigenvalue weighted by Crippen LogP contribution is 2.36. The lowest BCUT2D eigenvalue weighted by molar-refractivity contribution is -0.135. The summed E-state index contributed by atoms with van der Waals surface area (Å²) < 4.78 is 0. The molecule has 0 radical (unpaired) electrons. The van der Waals surface area contributed by atoms with Gasteiger partial charge in [0.15, 0.2) is 0 Å². The fourth-order valence-electron chi connectivity index (χ4n) is 2.47. The second kappa shape index (κ2) is 5.07. The monoisotopic (exact) mass is 241 g/mol. The van der Waals surface area contributed by atoms with Gasteiger partial charge in [0.1, 0.15) is 5.78 Å². The van der Waals surface area contributed by atoms with E-state index in [2.05, 4.69) is 18.7 Å². The molecule has 1 atom stereocenters. The summed E-state index contributed by atoms with van der Waals surface area (Å²) in [4.78, 5) is 14.4. The molecule has 1 N–H and O–H groups in total. The molecule has 17 heavy (non-hydrogen) atoms. The predicted molar refractivity (Wildman–Crippen MR) is 69.9 cm³/mol. The first-order valence-corrected chi connectivity index (χ1v) is 6.57. The molecule has 100 valence electrons. The Bertz CT molecular complexity index is 284. The van der Waals surface area contributed by atoms with Crippen molar-refractivity contribution in [2.45, 2.75) is 52.5 Å². The van der Waals surface area contributed by atoms with Gasteiger partial charge in [-0.05, 0) is 33.7 Å². The largest absolute Gasteiger partial charge is 0.394 e. The van der Waals surface area contributed by atoms with Crippen molar-refractivity contribution in [3.05, 3.63) is 0 Å². The van der Waals surface area contributed by atoms with Gasteiger partial charge in [-0.25, -0.2) is 0 Å². The van der Waals surface area contributed by atoms with Crippen LogP contribution in [0.2, 0.25) is 0 Å². The van der Waals surface area contributed by atoms with Crippen LogP contribution in [-0.4, -0.2) is 41.5 Å². The molecule has 0 heterocycles. The molecule has 1 fully saturated rings. The first kappa shape index (κ1) is 14.7. The summed E-state index contributed by atoms with van der Waals surface area (Å²) in [6, 6.07) is 0. The second-order valence-corrected chi connectivity index (χ2v) is 6.69. The van der Waals surface area contributed by atoms with E-state index in [0.29, 0.717) is 5.78 Å². The van der Waals surface area contributed by atoms with E-state index in [4.69, 9.17) is 0 Å². The van der Waals surface area contributed by atoms with Gasteiger partial charge in [-0.3, -0.25) is 9.69 Å². The maximum Gasteiger partial charge on any atom is 0.142 e. The van der Waals surface area contributed by atoms with Gasteiger partial charge in [0.2, 0.25) is 0 Å². The Kier molecular flexibility index (Phi) is 4.37. The third kappa shape index (κ3) is 3.29. The Labute approximate surface area is 105 Å². The number of hydrogen-bond donors (Lipinski definition) is 1. The minimum absolute atomic E-state index is 0.119. The van der Waals surface area contributed by atoms with Gasteiger partial charge in [-0.1, -0.05) is 20.3 Å². The molecule has 0 aromatic rings. The minimum Gasteiger partial charge on any atom is -0.394 e. The molecule has 1 aliphatic rings. The second-order valence-electron chi connectivity index (χ2n) is 6.69. The van der Waals surface area contributed by atoms with E-state index in [-0.39, 0.29) is 23.5 Å². The smallest absolute Gasteiger partial charge is 0.142 e. The molecule has 0 spiro atoms. The Balaban J connectivity index is 2.66. The number of rotatable bonds is 4. The van der Waals surface area contributed by atoms with Crippen molar-refractivity contribution >= 4 is 5.78 Å². The molecular weight excluding hydrogens is 214 g/mol. The summed E-state index contributed by atoms with van der Waals surface area (Å²) in [5.41, 5.74) is -0.408. The van der Waals surface area contributed by atoms with Crippen LogP contribution in [0.25, 0.3) is 0 Å². The number of carbonyl (C=O) groups excluding carboxylic acids is 1. The molecule has 0 bridgehead atoms. The molecule has 1 saturated carbocycles. The number of carbonyl (C=O) groups is 1. The molecular formula is C14H27NO2. The van der Waals surface area contributed by atoms with Gasteiger partial charge in [0.25, 0.3) is 0 Å². The highest BCUT2D eigenvalue weighted by Gasteiger charge is 2.38. The van der Waals surface area contributed by atoms with Crippen molar-refractivity contribution in [2.75, 3.05) is 20.2 Å². The summed E-state index contributed by atoms with van der Waals surface area (Å²) in [6.07, 6.45) is 3.14. The van der Waals surface area contributed by atoms with Crippen molar-refractivity contribution in [1.29, 1.82) is 0 Å². The number of Topliss-reactive ketones (excluding diaryl/α,β-unsaturated/α-hetero) is 1. The lowest BCUT2D eigenvalue weighted by atomic mass is 9.71. The SMILES string of the molecule is CN(CC1CCCC(C)(C)C1=O)C(C)(C)CO. The molecule has 0 aliphatic heterocycles. The highest BCUT2D eigenvalue weighted by molar-refractivity contribution is 5.87. The number of likely N-dealkylation sites (N-methyl/N-ethyl adjacent to an activating group) is 1. The Hall–Kier alpha value is -0.410. The number of hydrogen-bond acceptors (Lipinski definition) is 3. The number of aliphatic hydroxyl groups excluding tert-OH is 1. The van der Waals surface area contributed by atoms with Crippen molar-refractivity contribution in [2.24, 2.45) is 11.3 Å². The first-order valence-electron chi connectivity index (χ1n) is 6.57. The Morgan fingerprint density at radius 2 is 2.06 bits per heavy atom. The van der Waals surface area contributed by atoms with E-state index >= 15 is 0 Å². The lowest BCUT2D eigenvalue weighted by Gasteiger charge is -2.40. The van der Waals surface area contributed by atoms with Gasteiger partial charge >= 0.3 is 0 Å². The number of ketones is 1. The summed E-state index contributed by atoms with van der Waals surface area (Å²) in [7, 11) is 1.99. The van der Waals surface area contributed by atoms with Crippen LogP contribution in [0.3, 0.4) is 0 Å². The summed E-state index contributed by atoms with van der Waals surface area (Å²) in [6.45, 7) is 9.00. The van der Waals surface area contributed by atoms with E-state index in [0.717, 1.165) is 25.8 Å². The third-order valence-electron chi connectivity index (χ3n) is 4.31. The van der Waals surface area contributed by atoms with Crippen LogP contribution >= 0.6 is 0 Å². The summed E-state index contributed by atoms with van der Waals surface area (Å²) in [5, 5.41) is 9.34. The molecule has 1 aliphatic carbocycles. The van der Waals surface area contributed by atoms with Gasteiger partial charge in [0, 0.05) is 23.4 Å². The molecule has 0 saturated heterocycles. The van der Waals surface area contributed by atoms with Crippen LogP contribution in [0.4, 0.5) is 0 Å². The first-order chi connectivity index (χ1) is 7.70. The fraction of sp³-hybridized carbons (Fsp3) is 0.929. The van der Waals surface area contributed by atoms with Crippen LogP contribution in [-0.2, 0) is 4.79 Å². The van der Waals surface area contributed by atoms with Crippen molar-refractivity contribution in [3.8, 4) is 0 Å². The van der Waals surface area contributed by atoms with Crippen molar-refractivity contribution < 1.29 is 9.90 Å². The molecule has 3 heteroatoms. The third-order valence-corrected chi connectivity index (χ3v) is 4.31. The van der Waals surface area contributed by atoms with Gasteiger partial charge in [0.05, 0.1) is 6.61 Å². The molecule has 0 amide bonds. The van der Waals surface area contributed by atoms with Crippen LogP contribution in [0.5, 0.6) is 0 Å². The fourth-order valence-corrected chi connectivity index (χ4v) is 2.47. The van der Waals surface area contributed by atoms with E-state index in [1.54, 1.807) is 0 Å². The normalized spacial score (nSPS) is 25.4. The van der Waals surface area contributed by atoms with E-state index in [1.165, 1.54) is 0 Å². The van der Waals surface area contributed by atoms with E-state index in [9.17, 15) is 9.90 Å². The summed E-state index contributed by atoms with van der Waals surface area (Å²) in [5.74, 6) is 0.527. The van der Waals surface area contributed by atoms with Crippen LogP contribution in [0.1, 0.15) is 47.0 Å². The number of nitrogens with zero attached hydrogens (tertiary/aromatic N) is 1. The van der Waals surface area contributed by atoms with E-state index in [1.807, 2.05) is 20.9 Å². The van der Waals surface area contributed by atoms with Gasteiger partial charge in [-0.2, -0.15) is 0 Å². The van der Waals surface area contributed by atoms with Crippen LogP contribution < -0.4 is 0 Å². The van der Waals surface area contributed by atoms with Crippen molar-refractivity contribution in [1.82, 2.24) is 4.90 Å². The zero-order valence-electron chi connectivity index (χ0n) is 11.9. The molecule has 1 rings (SSSR count). The van der Waals surface area contributed by atoms with Gasteiger partial charge in [-0.15, -0.1) is 0 Å².